The first-order valence-electron chi connectivity index (χ1n) is 8.57. The number of carboxylic acids is 1. The number of likely N-dealkylation sites (tertiary alicyclic amines) is 2. The Morgan fingerprint density at radius 3 is 2.81 bits per heavy atom. The van der Waals surface area contributed by atoms with Crippen LogP contribution in [0.4, 0.5) is 0 Å². The molecule has 2 aliphatic rings. The van der Waals surface area contributed by atoms with Crippen molar-refractivity contribution >= 4 is 23.2 Å². The van der Waals surface area contributed by atoms with E-state index in [9.17, 15) is 14.7 Å². The van der Waals surface area contributed by atoms with Crippen molar-refractivity contribution in [1.29, 1.82) is 0 Å². The second kappa shape index (κ2) is 6.44. The molecule has 0 bridgehead atoms. The molecule has 2 saturated heterocycles. The molecule has 1 N–H and O–H groups in total. The fraction of sp³-hybridized carbons (Fsp3) is 0.444. The molecular formula is C18H20N4O3S. The number of amides is 1. The summed E-state index contributed by atoms with van der Waals surface area (Å²) in [5.41, 5.74) is 0.434. The molecule has 2 aromatic rings. The Morgan fingerprint density at radius 2 is 2.08 bits per heavy atom. The SMILES string of the molecule is CN1CC[C@H]2CN(C(=O)c3csc(-c4ccncc4)n3)C[C@@]2(C(=O)O)C1. The van der Waals surface area contributed by atoms with E-state index >= 15 is 0 Å². The first-order chi connectivity index (χ1) is 12.5. The molecule has 7 nitrogen and oxygen atoms in total. The van der Waals surface area contributed by atoms with Crippen LogP contribution in [0, 0.1) is 11.3 Å². The van der Waals surface area contributed by atoms with E-state index in [1.807, 2.05) is 24.1 Å². The maximum atomic E-state index is 12.9. The number of thiazole rings is 1. The van der Waals surface area contributed by atoms with Crippen molar-refractivity contribution in [1.82, 2.24) is 19.8 Å². The average Bonchev–Trinajstić information content (AvgIpc) is 3.27. The van der Waals surface area contributed by atoms with Crippen LogP contribution in [0.2, 0.25) is 0 Å². The van der Waals surface area contributed by atoms with Gasteiger partial charge >= 0.3 is 5.97 Å². The van der Waals surface area contributed by atoms with Crippen LogP contribution in [0.15, 0.2) is 29.9 Å². The van der Waals surface area contributed by atoms with Gasteiger partial charge < -0.3 is 14.9 Å². The van der Waals surface area contributed by atoms with Crippen LogP contribution in [0.25, 0.3) is 10.6 Å². The van der Waals surface area contributed by atoms with Crippen LogP contribution in [0.3, 0.4) is 0 Å². The normalized spacial score (nSPS) is 25.9. The van der Waals surface area contributed by atoms with Gasteiger partial charge in [-0.25, -0.2) is 4.98 Å². The van der Waals surface area contributed by atoms with Crippen LogP contribution in [0.5, 0.6) is 0 Å². The molecule has 0 saturated carbocycles. The predicted octanol–water partition coefficient (Wildman–Crippen LogP) is 1.68. The third kappa shape index (κ3) is 2.79. The lowest BCUT2D eigenvalue weighted by molar-refractivity contribution is -0.153. The summed E-state index contributed by atoms with van der Waals surface area (Å²) in [5.74, 6) is -0.988. The summed E-state index contributed by atoms with van der Waals surface area (Å²) in [7, 11) is 1.94. The van der Waals surface area contributed by atoms with Crippen LogP contribution < -0.4 is 0 Å². The number of rotatable bonds is 3. The van der Waals surface area contributed by atoms with E-state index in [1.54, 1.807) is 22.7 Å². The number of carbonyl (C=O) groups excluding carboxylic acids is 1. The van der Waals surface area contributed by atoms with Gasteiger partial charge in [-0.2, -0.15) is 0 Å². The minimum absolute atomic E-state index is 0.00143. The number of nitrogens with zero attached hydrogens (tertiary/aromatic N) is 4. The molecule has 0 aliphatic carbocycles. The van der Waals surface area contributed by atoms with Crippen molar-refractivity contribution in [3.8, 4) is 10.6 Å². The lowest BCUT2D eigenvalue weighted by atomic mass is 9.73. The van der Waals surface area contributed by atoms with Crippen molar-refractivity contribution in [3.63, 3.8) is 0 Å². The molecule has 2 aromatic heterocycles. The van der Waals surface area contributed by atoms with Gasteiger partial charge in [-0.1, -0.05) is 0 Å². The summed E-state index contributed by atoms with van der Waals surface area (Å²) in [6, 6.07) is 3.71. The molecule has 0 spiro atoms. The quantitative estimate of drug-likeness (QED) is 0.882. The molecule has 26 heavy (non-hydrogen) atoms. The van der Waals surface area contributed by atoms with Crippen molar-refractivity contribution in [3.05, 3.63) is 35.6 Å². The molecule has 0 radical (unpaired) electrons. The monoisotopic (exact) mass is 372 g/mol. The van der Waals surface area contributed by atoms with E-state index in [2.05, 4.69) is 9.97 Å². The fourth-order valence-electron chi connectivity index (χ4n) is 4.08. The third-order valence-corrected chi connectivity index (χ3v) is 6.36. The Balaban J connectivity index is 1.56. The van der Waals surface area contributed by atoms with Crippen molar-refractivity contribution in [2.75, 3.05) is 33.2 Å². The maximum Gasteiger partial charge on any atom is 0.313 e. The lowest BCUT2D eigenvalue weighted by Gasteiger charge is -2.39. The van der Waals surface area contributed by atoms with E-state index in [0.29, 0.717) is 18.8 Å². The molecule has 2 atom stereocenters. The van der Waals surface area contributed by atoms with Gasteiger partial charge in [0.05, 0.1) is 0 Å². The Morgan fingerprint density at radius 1 is 1.31 bits per heavy atom. The van der Waals surface area contributed by atoms with Gasteiger partial charge in [0.25, 0.3) is 5.91 Å². The minimum Gasteiger partial charge on any atom is -0.481 e. The zero-order valence-electron chi connectivity index (χ0n) is 14.5. The fourth-order valence-corrected chi connectivity index (χ4v) is 4.88. The summed E-state index contributed by atoms with van der Waals surface area (Å²) in [4.78, 5) is 37.1. The van der Waals surface area contributed by atoms with E-state index in [0.717, 1.165) is 23.5 Å². The number of hydrogen-bond donors (Lipinski definition) is 1. The van der Waals surface area contributed by atoms with Crippen molar-refractivity contribution in [2.24, 2.45) is 11.3 Å². The Bertz CT molecular complexity index is 840. The third-order valence-electron chi connectivity index (χ3n) is 5.47. The number of aromatic nitrogens is 2. The second-order valence-corrected chi connectivity index (χ2v) is 8.00. The van der Waals surface area contributed by atoms with Gasteiger partial charge in [-0.05, 0) is 38.1 Å². The summed E-state index contributed by atoms with van der Waals surface area (Å²) in [6.07, 6.45) is 4.18. The highest BCUT2D eigenvalue weighted by molar-refractivity contribution is 7.13. The lowest BCUT2D eigenvalue weighted by Crippen LogP contribution is -2.52. The van der Waals surface area contributed by atoms with Crippen LogP contribution in [0.1, 0.15) is 16.9 Å². The second-order valence-electron chi connectivity index (χ2n) is 7.14. The molecule has 136 valence electrons. The highest BCUT2D eigenvalue weighted by atomic mass is 32.1. The molecule has 2 fully saturated rings. The zero-order valence-corrected chi connectivity index (χ0v) is 15.3. The predicted molar refractivity (Wildman–Crippen MR) is 96.9 cm³/mol. The zero-order chi connectivity index (χ0) is 18.3. The maximum absolute atomic E-state index is 12.9. The van der Waals surface area contributed by atoms with Gasteiger partial charge in [0.2, 0.25) is 0 Å². The Labute approximate surface area is 155 Å². The van der Waals surface area contributed by atoms with Crippen LogP contribution >= 0.6 is 11.3 Å². The Kier molecular flexibility index (Phi) is 4.24. The summed E-state index contributed by atoms with van der Waals surface area (Å²) >= 11 is 1.41. The standard InChI is InChI=1S/C18H20N4O3S/c1-21-7-4-13-8-22(11-18(13,10-21)17(24)25)16(23)14-9-26-15(20-14)12-2-5-19-6-3-12/h2-3,5-6,9,13H,4,7-8,10-11H2,1H3,(H,24,25)/t13-,18-/m0/s1. The van der Waals surface area contributed by atoms with E-state index in [1.165, 1.54) is 11.3 Å². The molecule has 0 aromatic carbocycles. The molecule has 1 amide bonds. The summed E-state index contributed by atoms with van der Waals surface area (Å²) in [5, 5.41) is 12.4. The molecule has 4 rings (SSSR count). The number of carbonyl (C=O) groups is 2. The van der Waals surface area contributed by atoms with E-state index in [4.69, 9.17) is 0 Å². The number of pyridine rings is 1. The number of hydrogen-bond acceptors (Lipinski definition) is 6. The van der Waals surface area contributed by atoms with Gasteiger partial charge in [0.1, 0.15) is 16.1 Å². The van der Waals surface area contributed by atoms with Crippen molar-refractivity contribution in [2.45, 2.75) is 6.42 Å². The minimum atomic E-state index is -0.868. The van der Waals surface area contributed by atoms with E-state index in [-0.39, 0.29) is 18.4 Å². The van der Waals surface area contributed by atoms with Gasteiger partial charge in [-0.15, -0.1) is 11.3 Å². The van der Waals surface area contributed by atoms with Gasteiger partial charge in [0.15, 0.2) is 0 Å². The summed E-state index contributed by atoms with van der Waals surface area (Å²) < 4.78 is 0. The number of piperidine rings is 1. The van der Waals surface area contributed by atoms with Crippen molar-refractivity contribution < 1.29 is 14.7 Å². The first-order valence-corrected chi connectivity index (χ1v) is 9.45. The molecular weight excluding hydrogens is 352 g/mol. The molecule has 0 unspecified atom stereocenters. The molecule has 8 heteroatoms. The topological polar surface area (TPSA) is 86.6 Å². The van der Waals surface area contributed by atoms with E-state index < -0.39 is 11.4 Å². The first kappa shape index (κ1) is 17.1. The summed E-state index contributed by atoms with van der Waals surface area (Å²) in [6.45, 7) is 2.08. The smallest absolute Gasteiger partial charge is 0.313 e. The highest BCUT2D eigenvalue weighted by Crippen LogP contribution is 2.42. The highest BCUT2D eigenvalue weighted by Gasteiger charge is 2.55. The number of aliphatic carboxylic acids is 1. The van der Waals surface area contributed by atoms with Gasteiger partial charge in [-0.3, -0.25) is 14.6 Å². The molecule has 2 aliphatic heterocycles. The van der Waals surface area contributed by atoms with Crippen LogP contribution in [-0.4, -0.2) is 70.0 Å². The van der Waals surface area contributed by atoms with Gasteiger partial charge in [0, 0.05) is 43.0 Å². The number of carboxylic acid groups (broad SMARTS) is 1. The largest absolute Gasteiger partial charge is 0.481 e. The Hall–Kier alpha value is -2.32. The average molecular weight is 372 g/mol. The van der Waals surface area contributed by atoms with Crippen LogP contribution in [-0.2, 0) is 4.79 Å². The molecule has 4 heterocycles. The number of fused-ring (bicyclic) bond motifs is 1.